The molecule has 0 bridgehead atoms. The Balaban J connectivity index is 1.27. The third-order valence-electron chi connectivity index (χ3n) is 6.61. The molecular formula is C34H28O6. The first-order valence-electron chi connectivity index (χ1n) is 12.9. The van der Waals surface area contributed by atoms with Gasteiger partial charge < -0.3 is 18.9 Å². The predicted octanol–water partition coefficient (Wildman–Crippen LogP) is 7.39. The first kappa shape index (κ1) is 26.5. The van der Waals surface area contributed by atoms with E-state index in [1.54, 1.807) is 72.8 Å². The van der Waals surface area contributed by atoms with E-state index in [2.05, 4.69) is 20.1 Å². The van der Waals surface area contributed by atoms with Crippen molar-refractivity contribution in [2.75, 3.05) is 13.2 Å². The molecule has 1 aliphatic carbocycles. The fraction of sp³-hybridized carbons (Fsp3) is 0.118. The van der Waals surface area contributed by atoms with Gasteiger partial charge in [0.25, 0.3) is 0 Å². The zero-order valence-electron chi connectivity index (χ0n) is 22.1. The molecule has 0 aliphatic heterocycles. The van der Waals surface area contributed by atoms with Crippen LogP contribution in [0.1, 0.15) is 44.7 Å². The van der Waals surface area contributed by atoms with Crippen molar-refractivity contribution in [3.8, 4) is 34.1 Å². The molecule has 0 amide bonds. The maximum absolute atomic E-state index is 12.7. The van der Waals surface area contributed by atoms with E-state index in [0.29, 0.717) is 47.3 Å². The molecule has 0 radical (unpaired) electrons. The van der Waals surface area contributed by atoms with Crippen molar-refractivity contribution in [1.29, 1.82) is 0 Å². The van der Waals surface area contributed by atoms with Crippen molar-refractivity contribution in [3.63, 3.8) is 0 Å². The molecule has 40 heavy (non-hydrogen) atoms. The summed E-state index contributed by atoms with van der Waals surface area (Å²) in [4.78, 5) is 25.5. The molecule has 0 unspecified atom stereocenters. The van der Waals surface area contributed by atoms with Crippen molar-refractivity contribution >= 4 is 11.9 Å². The van der Waals surface area contributed by atoms with Crippen LogP contribution in [0.15, 0.2) is 110 Å². The van der Waals surface area contributed by atoms with E-state index in [1.165, 1.54) is 0 Å². The molecule has 0 atom stereocenters. The summed E-state index contributed by atoms with van der Waals surface area (Å²) in [5.74, 6) is 1.34. The van der Waals surface area contributed by atoms with Crippen LogP contribution in [0.3, 0.4) is 0 Å². The summed E-state index contributed by atoms with van der Waals surface area (Å²) < 4.78 is 22.3. The molecule has 0 saturated carbocycles. The number of carbonyl (C=O) groups is 2. The molecule has 0 spiro atoms. The van der Waals surface area contributed by atoms with Gasteiger partial charge in [-0.1, -0.05) is 44.4 Å². The van der Waals surface area contributed by atoms with Crippen molar-refractivity contribution in [2.24, 2.45) is 0 Å². The average Bonchev–Trinajstić information content (AvgIpc) is 3.25. The zero-order valence-corrected chi connectivity index (χ0v) is 22.1. The molecule has 0 N–H and O–H groups in total. The van der Waals surface area contributed by atoms with Crippen LogP contribution in [0.5, 0.6) is 23.0 Å². The fourth-order valence-corrected chi connectivity index (χ4v) is 4.60. The minimum atomic E-state index is -0.451. The zero-order chi connectivity index (χ0) is 28.1. The van der Waals surface area contributed by atoms with Gasteiger partial charge in [0.05, 0.1) is 11.1 Å². The largest absolute Gasteiger partial charge is 0.490 e. The smallest absolute Gasteiger partial charge is 0.343 e. The highest BCUT2D eigenvalue weighted by Crippen LogP contribution is 2.47. The lowest BCUT2D eigenvalue weighted by Gasteiger charge is -2.10. The Kier molecular flexibility index (Phi) is 7.78. The second-order valence-electron chi connectivity index (χ2n) is 9.25. The second-order valence-corrected chi connectivity index (χ2v) is 9.25. The molecule has 5 rings (SSSR count). The van der Waals surface area contributed by atoms with Crippen LogP contribution in [0.4, 0.5) is 0 Å². The van der Waals surface area contributed by atoms with Crippen LogP contribution in [0, 0.1) is 0 Å². The summed E-state index contributed by atoms with van der Waals surface area (Å²) >= 11 is 0. The molecule has 4 aromatic rings. The summed E-state index contributed by atoms with van der Waals surface area (Å²) in [6.45, 7) is 10.1. The second kappa shape index (κ2) is 11.7. The van der Waals surface area contributed by atoms with E-state index >= 15 is 0 Å². The fourth-order valence-electron chi connectivity index (χ4n) is 4.60. The monoisotopic (exact) mass is 532 g/mol. The minimum Gasteiger partial charge on any atom is -0.490 e. The molecule has 200 valence electrons. The van der Waals surface area contributed by atoms with Gasteiger partial charge in [0.2, 0.25) is 0 Å². The maximum Gasteiger partial charge on any atom is 0.343 e. The molecule has 4 aromatic carbocycles. The first-order valence-corrected chi connectivity index (χ1v) is 12.9. The molecule has 0 heterocycles. The van der Waals surface area contributed by atoms with Gasteiger partial charge in [-0.15, -0.1) is 0 Å². The quantitative estimate of drug-likeness (QED) is 0.121. The lowest BCUT2D eigenvalue weighted by molar-refractivity contribution is 0.0725. The van der Waals surface area contributed by atoms with Gasteiger partial charge in [-0.2, -0.15) is 0 Å². The van der Waals surface area contributed by atoms with E-state index in [-0.39, 0.29) is 5.92 Å². The Labute approximate surface area is 233 Å². The maximum atomic E-state index is 12.7. The van der Waals surface area contributed by atoms with Gasteiger partial charge in [0.1, 0.15) is 36.2 Å². The SMILES string of the molecule is C=CCOc1ccc(C(=O)Oc2ccc3c(c2)C(C)c2cc(OC(=O)c4ccc(OCC=C)cc4)ccc2-3)cc1. The van der Waals surface area contributed by atoms with E-state index < -0.39 is 11.9 Å². The molecular weight excluding hydrogens is 504 g/mol. The summed E-state index contributed by atoms with van der Waals surface area (Å²) in [6, 6.07) is 24.8. The van der Waals surface area contributed by atoms with Gasteiger partial charge in [0, 0.05) is 5.92 Å². The number of hydrogen-bond donors (Lipinski definition) is 0. The molecule has 0 fully saturated rings. The highest BCUT2D eigenvalue weighted by atomic mass is 16.5. The van der Waals surface area contributed by atoms with Crippen LogP contribution in [0.25, 0.3) is 11.1 Å². The van der Waals surface area contributed by atoms with E-state index in [1.807, 2.05) is 24.3 Å². The van der Waals surface area contributed by atoms with Gasteiger partial charge in [-0.05, 0) is 95.1 Å². The minimum absolute atomic E-state index is 0.0184. The van der Waals surface area contributed by atoms with Crippen LogP contribution in [-0.2, 0) is 0 Å². The number of hydrogen-bond acceptors (Lipinski definition) is 6. The van der Waals surface area contributed by atoms with Crippen LogP contribution < -0.4 is 18.9 Å². The normalized spacial score (nSPS) is 11.6. The number of carbonyl (C=O) groups excluding carboxylic acids is 2. The van der Waals surface area contributed by atoms with Gasteiger partial charge in [-0.3, -0.25) is 0 Å². The summed E-state index contributed by atoms with van der Waals surface area (Å²) in [6.07, 6.45) is 3.31. The Morgan fingerprint density at radius 2 is 1.00 bits per heavy atom. The number of rotatable bonds is 10. The van der Waals surface area contributed by atoms with Crippen molar-refractivity contribution < 1.29 is 28.5 Å². The molecule has 6 nitrogen and oxygen atoms in total. The molecule has 6 heteroatoms. The van der Waals surface area contributed by atoms with Crippen molar-refractivity contribution in [1.82, 2.24) is 0 Å². The van der Waals surface area contributed by atoms with Crippen molar-refractivity contribution in [2.45, 2.75) is 12.8 Å². The van der Waals surface area contributed by atoms with Gasteiger partial charge in [-0.25, -0.2) is 9.59 Å². The summed E-state index contributed by atoms with van der Waals surface area (Å²) in [5, 5.41) is 0. The molecule has 0 aromatic heterocycles. The Hall–Kier alpha value is -5.10. The Morgan fingerprint density at radius 1 is 0.625 bits per heavy atom. The third kappa shape index (κ3) is 5.66. The number of ether oxygens (including phenoxy) is 4. The van der Waals surface area contributed by atoms with Gasteiger partial charge >= 0.3 is 11.9 Å². The predicted molar refractivity (Wildman–Crippen MR) is 154 cm³/mol. The van der Waals surface area contributed by atoms with Crippen LogP contribution in [-0.4, -0.2) is 25.2 Å². The topological polar surface area (TPSA) is 71.1 Å². The van der Waals surface area contributed by atoms with Crippen LogP contribution >= 0.6 is 0 Å². The van der Waals surface area contributed by atoms with E-state index in [0.717, 1.165) is 22.3 Å². The summed E-state index contributed by atoms with van der Waals surface area (Å²) in [5.41, 5.74) is 5.03. The lowest BCUT2D eigenvalue weighted by atomic mass is 9.99. The third-order valence-corrected chi connectivity index (χ3v) is 6.61. The molecule has 1 aliphatic rings. The summed E-state index contributed by atoms with van der Waals surface area (Å²) in [7, 11) is 0. The molecule has 0 saturated heterocycles. The average molecular weight is 533 g/mol. The number of benzene rings is 4. The first-order chi connectivity index (χ1) is 19.5. The Bertz CT molecular complexity index is 1450. The lowest BCUT2D eigenvalue weighted by Crippen LogP contribution is -2.09. The standard InChI is InChI=1S/C34H28O6/c1-4-18-37-25-10-6-23(7-11-25)33(35)39-27-14-16-29-30-17-15-28(21-32(30)22(3)31(29)20-27)40-34(36)24-8-12-26(13-9-24)38-19-5-2/h4-17,20-22H,1-2,18-19H2,3H3. The highest BCUT2D eigenvalue weighted by Gasteiger charge is 2.27. The van der Waals surface area contributed by atoms with Crippen molar-refractivity contribution in [3.05, 3.63) is 132 Å². The van der Waals surface area contributed by atoms with E-state index in [9.17, 15) is 9.59 Å². The van der Waals surface area contributed by atoms with E-state index in [4.69, 9.17) is 18.9 Å². The van der Waals surface area contributed by atoms with Gasteiger partial charge in [0.15, 0.2) is 0 Å². The van der Waals surface area contributed by atoms with Crippen LogP contribution in [0.2, 0.25) is 0 Å². The number of fused-ring (bicyclic) bond motifs is 3. The Morgan fingerprint density at radius 3 is 1.38 bits per heavy atom. The highest BCUT2D eigenvalue weighted by molar-refractivity contribution is 5.92. The number of esters is 2.